The van der Waals surface area contributed by atoms with Gasteiger partial charge in [-0.3, -0.25) is 4.79 Å². The minimum Gasteiger partial charge on any atom is -0.490 e. The van der Waals surface area contributed by atoms with Gasteiger partial charge in [-0.15, -0.1) is 11.3 Å². The van der Waals surface area contributed by atoms with Gasteiger partial charge in [0.15, 0.2) is 0 Å². The van der Waals surface area contributed by atoms with Crippen LogP contribution in [0.25, 0.3) is 0 Å². The third kappa shape index (κ3) is 4.22. The molecule has 1 aliphatic rings. The molecule has 6 nitrogen and oxygen atoms in total. The molecule has 0 bridgehead atoms. The van der Waals surface area contributed by atoms with Gasteiger partial charge in [0.2, 0.25) is 0 Å². The highest BCUT2D eigenvalue weighted by Crippen LogP contribution is 2.26. The second-order valence-electron chi connectivity index (χ2n) is 6.52. The third-order valence-corrected chi connectivity index (χ3v) is 5.75. The van der Waals surface area contributed by atoms with Crippen molar-refractivity contribution in [3.8, 4) is 5.75 Å². The van der Waals surface area contributed by atoms with Gasteiger partial charge in [0.05, 0.1) is 17.8 Å². The van der Waals surface area contributed by atoms with Crippen molar-refractivity contribution in [1.82, 2.24) is 10.3 Å². The summed E-state index contributed by atoms with van der Waals surface area (Å²) in [6.07, 6.45) is 4.73. The van der Waals surface area contributed by atoms with Gasteiger partial charge < -0.3 is 15.2 Å². The lowest BCUT2D eigenvalue weighted by molar-refractivity contribution is 0.0701. The molecular formula is C19H22N2O4S. The lowest BCUT2D eigenvalue weighted by Crippen LogP contribution is -2.26. The maximum absolute atomic E-state index is 12.5. The van der Waals surface area contributed by atoms with Crippen molar-refractivity contribution in [1.29, 1.82) is 0 Å². The van der Waals surface area contributed by atoms with Crippen LogP contribution in [0.2, 0.25) is 0 Å². The lowest BCUT2D eigenvalue weighted by atomic mass is 10.2. The molecular weight excluding hydrogens is 352 g/mol. The molecule has 7 heteroatoms. The molecule has 1 fully saturated rings. The Labute approximate surface area is 156 Å². The molecule has 0 spiro atoms. The van der Waals surface area contributed by atoms with Gasteiger partial charge in [-0.05, 0) is 57.7 Å². The number of hydrogen-bond acceptors (Lipinski definition) is 5. The van der Waals surface area contributed by atoms with Crippen molar-refractivity contribution in [2.75, 3.05) is 0 Å². The number of carbonyl (C=O) groups excluding carboxylic acids is 1. The van der Waals surface area contributed by atoms with Gasteiger partial charge in [0.25, 0.3) is 5.91 Å². The highest BCUT2D eigenvalue weighted by molar-refractivity contribution is 7.13. The molecule has 1 unspecified atom stereocenters. The normalized spacial score (nSPS) is 15.6. The van der Waals surface area contributed by atoms with E-state index in [0.29, 0.717) is 22.0 Å². The minimum absolute atomic E-state index is 0.202. The van der Waals surface area contributed by atoms with Crippen molar-refractivity contribution >= 4 is 23.2 Å². The van der Waals surface area contributed by atoms with E-state index in [-0.39, 0.29) is 22.9 Å². The van der Waals surface area contributed by atoms with Gasteiger partial charge >= 0.3 is 5.97 Å². The van der Waals surface area contributed by atoms with Crippen LogP contribution in [-0.2, 0) is 0 Å². The Balaban J connectivity index is 1.67. The highest BCUT2D eigenvalue weighted by Gasteiger charge is 2.20. The average molecular weight is 374 g/mol. The number of aromatic carboxylic acids is 1. The first-order valence-electron chi connectivity index (χ1n) is 8.72. The SMILES string of the molecule is Cc1nc(C(C)NC(=O)c2cccc(OC3CCCC3)c2)sc1C(=O)O. The van der Waals surface area contributed by atoms with Gasteiger partial charge in [-0.2, -0.15) is 0 Å². The number of carboxylic acid groups (broad SMARTS) is 1. The zero-order valence-corrected chi connectivity index (χ0v) is 15.6. The topological polar surface area (TPSA) is 88.5 Å². The van der Waals surface area contributed by atoms with Crippen LogP contribution in [0, 0.1) is 6.92 Å². The number of ether oxygens (including phenoxy) is 1. The Bertz CT molecular complexity index is 812. The molecule has 1 aliphatic carbocycles. The van der Waals surface area contributed by atoms with Crippen LogP contribution in [0.4, 0.5) is 0 Å². The summed E-state index contributed by atoms with van der Waals surface area (Å²) in [5.41, 5.74) is 0.977. The highest BCUT2D eigenvalue weighted by atomic mass is 32.1. The standard InChI is InChI=1S/C19H22N2O4S/c1-11-16(19(23)24)26-18(21-11)12(2)20-17(22)13-6-5-9-15(10-13)25-14-7-3-4-8-14/h5-6,9-10,12,14H,3-4,7-8H2,1-2H3,(H,20,22)(H,23,24). The largest absolute Gasteiger partial charge is 0.490 e. The molecule has 1 aromatic heterocycles. The van der Waals surface area contributed by atoms with E-state index in [9.17, 15) is 9.59 Å². The summed E-state index contributed by atoms with van der Waals surface area (Å²) in [4.78, 5) is 28.2. The number of nitrogens with zero attached hydrogens (tertiary/aromatic N) is 1. The number of carboxylic acids is 1. The van der Waals surface area contributed by atoms with E-state index in [1.807, 2.05) is 6.07 Å². The van der Waals surface area contributed by atoms with Crippen molar-refractivity contribution in [2.24, 2.45) is 0 Å². The molecule has 2 aromatic rings. The number of aryl methyl sites for hydroxylation is 1. The van der Waals surface area contributed by atoms with Crippen LogP contribution < -0.4 is 10.1 Å². The number of carbonyl (C=O) groups is 2. The molecule has 138 valence electrons. The van der Waals surface area contributed by atoms with E-state index in [0.717, 1.165) is 24.2 Å². The van der Waals surface area contributed by atoms with E-state index < -0.39 is 5.97 Å². The summed E-state index contributed by atoms with van der Waals surface area (Å²) in [6, 6.07) is 6.77. The molecule has 1 amide bonds. The van der Waals surface area contributed by atoms with Gasteiger partial charge in [-0.1, -0.05) is 6.07 Å². The Morgan fingerprint density at radius 2 is 2.08 bits per heavy atom. The van der Waals surface area contributed by atoms with E-state index in [1.165, 1.54) is 12.8 Å². The Hall–Kier alpha value is -2.41. The first-order valence-corrected chi connectivity index (χ1v) is 9.54. The smallest absolute Gasteiger partial charge is 0.347 e. The molecule has 1 heterocycles. The van der Waals surface area contributed by atoms with Crippen molar-refractivity contribution in [3.63, 3.8) is 0 Å². The van der Waals surface area contributed by atoms with Gasteiger partial charge in [0.1, 0.15) is 15.6 Å². The van der Waals surface area contributed by atoms with E-state index in [4.69, 9.17) is 9.84 Å². The van der Waals surface area contributed by atoms with E-state index in [1.54, 1.807) is 32.0 Å². The van der Waals surface area contributed by atoms with Crippen LogP contribution in [0.5, 0.6) is 5.75 Å². The molecule has 0 saturated heterocycles. The summed E-state index contributed by atoms with van der Waals surface area (Å²) in [7, 11) is 0. The van der Waals surface area contributed by atoms with E-state index in [2.05, 4.69) is 10.3 Å². The maximum atomic E-state index is 12.5. The zero-order valence-electron chi connectivity index (χ0n) is 14.8. The second kappa shape index (κ2) is 7.86. The number of nitrogens with one attached hydrogen (secondary N) is 1. The fraction of sp³-hybridized carbons (Fsp3) is 0.421. The monoisotopic (exact) mass is 374 g/mol. The zero-order chi connectivity index (χ0) is 18.7. The Morgan fingerprint density at radius 3 is 2.73 bits per heavy atom. The quantitative estimate of drug-likeness (QED) is 0.799. The molecule has 3 rings (SSSR count). The number of hydrogen-bond donors (Lipinski definition) is 2. The molecule has 0 radical (unpaired) electrons. The summed E-state index contributed by atoms with van der Waals surface area (Å²) in [6.45, 7) is 3.45. The van der Waals surface area contributed by atoms with Crippen molar-refractivity contribution < 1.29 is 19.4 Å². The number of rotatable bonds is 6. The number of benzene rings is 1. The average Bonchev–Trinajstić information content (AvgIpc) is 3.24. The second-order valence-corrected chi connectivity index (χ2v) is 7.55. The molecule has 2 N–H and O–H groups in total. The first-order chi connectivity index (χ1) is 12.4. The minimum atomic E-state index is -0.999. The summed E-state index contributed by atoms with van der Waals surface area (Å²) >= 11 is 1.09. The summed E-state index contributed by atoms with van der Waals surface area (Å²) < 4.78 is 5.95. The van der Waals surface area contributed by atoms with Crippen LogP contribution in [-0.4, -0.2) is 28.1 Å². The molecule has 1 aromatic carbocycles. The fourth-order valence-corrected chi connectivity index (χ4v) is 3.96. The van der Waals surface area contributed by atoms with Gasteiger partial charge in [-0.25, -0.2) is 9.78 Å². The predicted octanol–water partition coefficient (Wildman–Crippen LogP) is 3.96. The third-order valence-electron chi connectivity index (χ3n) is 4.43. The van der Waals surface area contributed by atoms with E-state index >= 15 is 0 Å². The van der Waals surface area contributed by atoms with Crippen LogP contribution in [0.1, 0.15) is 69.4 Å². The molecule has 26 heavy (non-hydrogen) atoms. The van der Waals surface area contributed by atoms with Crippen molar-refractivity contribution in [3.05, 3.63) is 45.4 Å². The Morgan fingerprint density at radius 1 is 1.35 bits per heavy atom. The first kappa shape index (κ1) is 18.4. The predicted molar refractivity (Wildman–Crippen MR) is 99.0 cm³/mol. The number of aromatic nitrogens is 1. The van der Waals surface area contributed by atoms with Crippen molar-refractivity contribution in [2.45, 2.75) is 51.7 Å². The lowest BCUT2D eigenvalue weighted by Gasteiger charge is -2.15. The van der Waals surface area contributed by atoms with Crippen LogP contribution in [0.15, 0.2) is 24.3 Å². The van der Waals surface area contributed by atoms with Gasteiger partial charge in [0, 0.05) is 5.56 Å². The van der Waals surface area contributed by atoms with Crippen LogP contribution in [0.3, 0.4) is 0 Å². The fourth-order valence-electron chi connectivity index (χ4n) is 3.05. The molecule has 1 saturated carbocycles. The summed E-state index contributed by atoms with van der Waals surface area (Å²) in [5, 5.41) is 12.6. The molecule has 1 atom stereocenters. The number of amides is 1. The summed E-state index contributed by atoms with van der Waals surface area (Å²) in [5.74, 6) is -0.531. The molecule has 0 aliphatic heterocycles. The maximum Gasteiger partial charge on any atom is 0.347 e. The van der Waals surface area contributed by atoms with Crippen LogP contribution >= 0.6 is 11.3 Å². The number of thiazole rings is 1. The Kier molecular flexibility index (Phi) is 5.56.